The van der Waals surface area contributed by atoms with Crippen molar-refractivity contribution in [3.05, 3.63) is 53.2 Å². The molecule has 1 aromatic carbocycles. The lowest BCUT2D eigenvalue weighted by atomic mass is 9.79. The number of nitrogens with zero attached hydrogens (tertiary/aromatic N) is 1. The molecule has 10 nitrogen and oxygen atoms in total. The molecule has 2 aliphatic carbocycles. The molecule has 1 unspecified atom stereocenters. The van der Waals surface area contributed by atoms with Crippen molar-refractivity contribution in [3.63, 3.8) is 0 Å². The zero-order valence-electron chi connectivity index (χ0n) is 21.9. The second-order valence-corrected chi connectivity index (χ2v) is 12.6. The van der Waals surface area contributed by atoms with E-state index in [1.165, 1.54) is 17.7 Å². The van der Waals surface area contributed by atoms with Crippen LogP contribution in [0.25, 0.3) is 0 Å². The molecule has 1 aliphatic heterocycles. The highest BCUT2D eigenvalue weighted by atomic mass is 32.2. The summed E-state index contributed by atoms with van der Waals surface area (Å²) in [7, 11) is -3.83. The number of amides is 1. The van der Waals surface area contributed by atoms with Crippen molar-refractivity contribution in [3.8, 4) is 0 Å². The summed E-state index contributed by atoms with van der Waals surface area (Å²) >= 11 is 0. The molecule has 1 amide bonds. The lowest BCUT2D eigenvalue weighted by Gasteiger charge is -2.35. The number of carbonyl (C=O) groups excluding carboxylic acids is 1. The molecule has 1 aromatic heterocycles. The quantitative estimate of drug-likeness (QED) is 0.310. The highest BCUT2D eigenvalue weighted by molar-refractivity contribution is 7.89. The Hall–Kier alpha value is -3.02. The van der Waals surface area contributed by atoms with Crippen LogP contribution in [0.1, 0.15) is 61.8 Å². The molecule has 3 aliphatic rings. The van der Waals surface area contributed by atoms with Crippen LogP contribution in [0.2, 0.25) is 0 Å². The summed E-state index contributed by atoms with van der Waals surface area (Å²) in [6.45, 7) is 1.23. The Kier molecular flexibility index (Phi) is 7.93. The van der Waals surface area contributed by atoms with E-state index < -0.39 is 27.4 Å². The number of rotatable bonds is 12. The number of pyridine rings is 1. The van der Waals surface area contributed by atoms with Gasteiger partial charge in [-0.05, 0) is 86.6 Å². The van der Waals surface area contributed by atoms with Gasteiger partial charge in [-0.3, -0.25) is 4.79 Å². The van der Waals surface area contributed by atoms with Crippen LogP contribution in [-0.2, 0) is 42.6 Å². The lowest BCUT2D eigenvalue weighted by molar-refractivity contribution is -0.143. The SMILES string of the molecule is NS(=O)(=O)c1ccc(C2(C(=O)NC(CCOC3CC(CCc4ccc5c(n4)NCCC5)C3)C(=O)O)CC2)cc1. The predicted molar refractivity (Wildman–Crippen MR) is 145 cm³/mol. The number of nitrogens with two attached hydrogens (primary N) is 1. The number of hydrogen-bond donors (Lipinski definition) is 4. The van der Waals surface area contributed by atoms with Crippen LogP contribution < -0.4 is 15.8 Å². The van der Waals surface area contributed by atoms with E-state index in [1.54, 1.807) is 12.1 Å². The highest BCUT2D eigenvalue weighted by Gasteiger charge is 2.52. The summed E-state index contributed by atoms with van der Waals surface area (Å²) in [6.07, 6.45) is 7.55. The van der Waals surface area contributed by atoms with E-state index >= 15 is 0 Å². The molecule has 0 spiro atoms. The van der Waals surface area contributed by atoms with Crippen LogP contribution in [0, 0.1) is 5.92 Å². The van der Waals surface area contributed by atoms with E-state index in [0.29, 0.717) is 24.3 Å². The maximum absolute atomic E-state index is 13.0. The van der Waals surface area contributed by atoms with Gasteiger partial charge in [-0.1, -0.05) is 18.2 Å². The molecule has 5 rings (SSSR count). The third kappa shape index (κ3) is 6.42. The van der Waals surface area contributed by atoms with Gasteiger partial charge in [0.25, 0.3) is 0 Å². The highest BCUT2D eigenvalue weighted by Crippen LogP contribution is 2.48. The molecular formula is C28H36N4O6S. The zero-order valence-corrected chi connectivity index (χ0v) is 22.7. The van der Waals surface area contributed by atoms with Crippen molar-refractivity contribution in [2.45, 2.75) is 80.2 Å². The van der Waals surface area contributed by atoms with Crippen LogP contribution in [0.15, 0.2) is 41.3 Å². The third-order valence-electron chi connectivity index (χ3n) is 8.24. The molecule has 210 valence electrons. The first-order valence-electron chi connectivity index (χ1n) is 13.7. The fourth-order valence-corrected chi connectivity index (χ4v) is 6.06. The molecular weight excluding hydrogens is 520 g/mol. The first kappa shape index (κ1) is 27.5. The molecule has 0 saturated heterocycles. The molecule has 39 heavy (non-hydrogen) atoms. The summed E-state index contributed by atoms with van der Waals surface area (Å²) in [5.41, 5.74) is 2.22. The Balaban J connectivity index is 1.04. The van der Waals surface area contributed by atoms with E-state index in [0.717, 1.165) is 56.6 Å². The summed E-state index contributed by atoms with van der Waals surface area (Å²) < 4.78 is 28.9. The third-order valence-corrected chi connectivity index (χ3v) is 9.17. The van der Waals surface area contributed by atoms with Gasteiger partial charge in [0.2, 0.25) is 15.9 Å². The van der Waals surface area contributed by atoms with Crippen molar-refractivity contribution >= 4 is 27.7 Å². The van der Waals surface area contributed by atoms with Gasteiger partial charge in [-0.15, -0.1) is 0 Å². The fraction of sp³-hybridized carbons (Fsp3) is 0.536. The number of primary sulfonamides is 1. The van der Waals surface area contributed by atoms with Gasteiger partial charge in [-0.25, -0.2) is 23.3 Å². The molecule has 0 radical (unpaired) electrons. The Labute approximate surface area is 228 Å². The molecule has 0 bridgehead atoms. The van der Waals surface area contributed by atoms with Gasteiger partial charge >= 0.3 is 5.97 Å². The minimum atomic E-state index is -3.83. The summed E-state index contributed by atoms with van der Waals surface area (Å²) in [5, 5.41) is 20.9. The average Bonchev–Trinajstić information content (AvgIpc) is 3.70. The monoisotopic (exact) mass is 556 g/mol. The number of sulfonamides is 1. The van der Waals surface area contributed by atoms with E-state index in [2.05, 4.69) is 22.8 Å². The average molecular weight is 557 g/mol. The second-order valence-electron chi connectivity index (χ2n) is 11.0. The Morgan fingerprint density at radius 1 is 1.18 bits per heavy atom. The van der Waals surface area contributed by atoms with Gasteiger partial charge < -0.3 is 20.5 Å². The second kappa shape index (κ2) is 11.2. The minimum absolute atomic E-state index is 0.0335. The molecule has 2 saturated carbocycles. The number of fused-ring (bicyclic) bond motifs is 1. The van der Waals surface area contributed by atoms with Crippen LogP contribution in [0.4, 0.5) is 5.82 Å². The first-order chi connectivity index (χ1) is 18.6. The van der Waals surface area contributed by atoms with Crippen molar-refractivity contribution in [1.29, 1.82) is 0 Å². The first-order valence-corrected chi connectivity index (χ1v) is 15.2. The van der Waals surface area contributed by atoms with Crippen LogP contribution >= 0.6 is 0 Å². The van der Waals surface area contributed by atoms with Gasteiger partial charge in [0.1, 0.15) is 11.9 Å². The van der Waals surface area contributed by atoms with Crippen molar-refractivity contribution in [2.75, 3.05) is 18.5 Å². The number of carboxylic acid groups (broad SMARTS) is 1. The van der Waals surface area contributed by atoms with Gasteiger partial charge in [0.05, 0.1) is 16.4 Å². The van der Waals surface area contributed by atoms with Gasteiger partial charge in [-0.2, -0.15) is 0 Å². The number of carbonyl (C=O) groups is 2. The number of aliphatic carboxylic acids is 1. The van der Waals surface area contributed by atoms with Crippen LogP contribution in [-0.4, -0.2) is 55.7 Å². The summed E-state index contributed by atoms with van der Waals surface area (Å²) in [5.74, 6) is 0.131. The molecule has 2 fully saturated rings. The van der Waals surface area contributed by atoms with Gasteiger partial charge in [0.15, 0.2) is 0 Å². The molecule has 2 aromatic rings. The molecule has 1 atom stereocenters. The lowest BCUT2D eigenvalue weighted by Crippen LogP contribution is -2.46. The molecule has 5 N–H and O–H groups in total. The van der Waals surface area contributed by atoms with Crippen LogP contribution in [0.3, 0.4) is 0 Å². The summed E-state index contributed by atoms with van der Waals surface area (Å²) in [6, 6.07) is 9.12. The van der Waals surface area contributed by atoms with E-state index in [9.17, 15) is 23.1 Å². The fourth-order valence-electron chi connectivity index (χ4n) is 5.55. The smallest absolute Gasteiger partial charge is 0.326 e. The standard InChI is InChI=1S/C28H36N4O6S/c29-39(36,37)23-9-5-20(6-10-23)28(12-13-28)27(35)32-24(26(33)34)11-15-38-22-16-18(17-22)3-7-21-8-4-19-2-1-14-30-25(19)31-21/h4-6,8-10,18,22,24H,1-3,7,11-17H2,(H,30,31)(H,32,35)(H,33,34)(H2,29,36,37). The molecule has 11 heteroatoms. The van der Waals surface area contributed by atoms with Gasteiger partial charge in [0, 0.05) is 25.3 Å². The number of carboxylic acids is 1. The zero-order chi connectivity index (χ0) is 27.6. The topological polar surface area (TPSA) is 161 Å². The van der Waals surface area contributed by atoms with Crippen molar-refractivity contribution in [2.24, 2.45) is 11.1 Å². The van der Waals surface area contributed by atoms with E-state index in [1.807, 2.05) is 0 Å². The number of aromatic nitrogens is 1. The Bertz CT molecular complexity index is 1320. The van der Waals surface area contributed by atoms with E-state index in [-0.39, 0.29) is 29.9 Å². The Morgan fingerprint density at radius 3 is 2.59 bits per heavy atom. The van der Waals surface area contributed by atoms with Crippen LogP contribution in [0.5, 0.6) is 0 Å². The number of benzene rings is 1. The number of anilines is 1. The van der Waals surface area contributed by atoms with Crippen molar-refractivity contribution < 1.29 is 27.9 Å². The maximum atomic E-state index is 13.0. The number of ether oxygens (including phenoxy) is 1. The van der Waals surface area contributed by atoms with E-state index in [4.69, 9.17) is 14.9 Å². The number of hydrogen-bond acceptors (Lipinski definition) is 7. The largest absolute Gasteiger partial charge is 0.480 e. The van der Waals surface area contributed by atoms with Crippen molar-refractivity contribution in [1.82, 2.24) is 10.3 Å². The normalized spacial score (nSPS) is 22.1. The Morgan fingerprint density at radius 2 is 1.92 bits per heavy atom. The molecule has 2 heterocycles. The minimum Gasteiger partial charge on any atom is -0.480 e. The maximum Gasteiger partial charge on any atom is 0.326 e. The number of aryl methyl sites for hydroxylation is 2. The predicted octanol–water partition coefficient (Wildman–Crippen LogP) is 2.51. The number of nitrogens with one attached hydrogen (secondary N) is 2. The summed E-state index contributed by atoms with van der Waals surface area (Å²) in [4.78, 5) is 29.6.